The summed E-state index contributed by atoms with van der Waals surface area (Å²) in [6, 6.07) is 19.2. The molecule has 2 heterocycles. The number of allylic oxidation sites excluding steroid dienone is 1. The van der Waals surface area contributed by atoms with E-state index < -0.39 is 11.2 Å². The summed E-state index contributed by atoms with van der Waals surface area (Å²) in [6.45, 7) is 0. The lowest BCUT2D eigenvalue weighted by Gasteiger charge is -2.23. The lowest BCUT2D eigenvalue weighted by atomic mass is 9.89. The van der Waals surface area contributed by atoms with Gasteiger partial charge in [-0.25, -0.2) is 4.79 Å². The third kappa shape index (κ3) is 2.46. The molecule has 5 nitrogen and oxygen atoms in total. The number of hydrogen-bond acceptors (Lipinski definition) is 3. The number of ether oxygens (including phenoxy) is 1. The van der Waals surface area contributed by atoms with Crippen LogP contribution in [0.3, 0.4) is 0 Å². The van der Waals surface area contributed by atoms with E-state index in [2.05, 4.69) is 9.97 Å². The van der Waals surface area contributed by atoms with Crippen LogP contribution in [0.25, 0.3) is 5.76 Å². The van der Waals surface area contributed by atoms with Gasteiger partial charge in [-0.2, -0.15) is 0 Å². The lowest BCUT2D eigenvalue weighted by Crippen LogP contribution is -2.30. The van der Waals surface area contributed by atoms with Crippen LogP contribution in [-0.4, -0.2) is 9.97 Å². The Balaban J connectivity index is 1.94. The molecule has 1 aliphatic heterocycles. The first-order valence-corrected chi connectivity index (χ1v) is 7.59. The minimum atomic E-state index is -0.583. The maximum atomic E-state index is 12.3. The summed E-state index contributed by atoms with van der Waals surface area (Å²) in [6.07, 6.45) is 1.90. The van der Waals surface area contributed by atoms with E-state index in [9.17, 15) is 9.59 Å². The van der Waals surface area contributed by atoms with Gasteiger partial charge in [0.25, 0.3) is 5.56 Å². The van der Waals surface area contributed by atoms with E-state index >= 15 is 0 Å². The quantitative estimate of drug-likeness (QED) is 0.763. The Morgan fingerprint density at radius 3 is 2.21 bits per heavy atom. The molecule has 0 amide bonds. The minimum absolute atomic E-state index is 0.193. The summed E-state index contributed by atoms with van der Waals surface area (Å²) in [5.41, 5.74) is 1.21. The van der Waals surface area contributed by atoms with Crippen molar-refractivity contribution in [3.8, 4) is 5.88 Å². The number of aromatic amines is 2. The number of rotatable bonds is 2. The van der Waals surface area contributed by atoms with Gasteiger partial charge in [0.1, 0.15) is 5.76 Å². The molecule has 0 bridgehead atoms. The second-order valence-electron chi connectivity index (χ2n) is 5.54. The second kappa shape index (κ2) is 5.70. The summed E-state index contributed by atoms with van der Waals surface area (Å²) >= 11 is 0. The van der Waals surface area contributed by atoms with E-state index in [1.807, 2.05) is 66.7 Å². The van der Waals surface area contributed by atoms with Gasteiger partial charge in [0.2, 0.25) is 5.88 Å². The summed E-state index contributed by atoms with van der Waals surface area (Å²) in [4.78, 5) is 28.8. The van der Waals surface area contributed by atoms with Crippen molar-refractivity contribution in [1.82, 2.24) is 9.97 Å². The van der Waals surface area contributed by atoms with Crippen molar-refractivity contribution in [2.45, 2.75) is 5.92 Å². The van der Waals surface area contributed by atoms with Crippen molar-refractivity contribution in [3.05, 3.63) is 104 Å². The first-order chi connectivity index (χ1) is 11.7. The van der Waals surface area contributed by atoms with Gasteiger partial charge in [0.15, 0.2) is 0 Å². The number of hydrogen-bond donors (Lipinski definition) is 2. The molecule has 1 aliphatic rings. The zero-order chi connectivity index (χ0) is 16.5. The van der Waals surface area contributed by atoms with E-state index in [0.717, 1.165) is 11.1 Å². The van der Waals surface area contributed by atoms with Crippen LogP contribution in [0.2, 0.25) is 0 Å². The smallest absolute Gasteiger partial charge is 0.328 e. The van der Waals surface area contributed by atoms with Crippen LogP contribution in [0.5, 0.6) is 5.88 Å². The van der Waals surface area contributed by atoms with Crippen LogP contribution in [0.1, 0.15) is 22.6 Å². The Hall–Kier alpha value is -3.34. The van der Waals surface area contributed by atoms with Crippen molar-refractivity contribution >= 4 is 5.76 Å². The molecule has 1 aromatic heterocycles. The zero-order valence-corrected chi connectivity index (χ0v) is 12.7. The molecule has 0 radical (unpaired) electrons. The Kier molecular flexibility index (Phi) is 3.39. The van der Waals surface area contributed by atoms with Crippen molar-refractivity contribution in [2.24, 2.45) is 0 Å². The molecule has 0 saturated carbocycles. The second-order valence-corrected chi connectivity index (χ2v) is 5.54. The van der Waals surface area contributed by atoms with Gasteiger partial charge in [0.05, 0.1) is 5.56 Å². The normalized spacial score (nSPS) is 16.0. The maximum absolute atomic E-state index is 12.3. The molecule has 2 aromatic carbocycles. The standard InChI is InChI=1S/C19H14N2O3/c22-17-16-14(12-7-3-1-4-8-12)11-15(13-9-5-2-6-10-13)24-18(16)21-19(23)20-17/h1-11,14H,(H2,20,21,22,23)/t14-/m0/s1. The summed E-state index contributed by atoms with van der Waals surface area (Å²) in [5, 5.41) is 0. The van der Waals surface area contributed by atoms with Gasteiger partial charge in [-0.05, 0) is 11.6 Å². The first-order valence-electron chi connectivity index (χ1n) is 7.59. The summed E-state index contributed by atoms with van der Waals surface area (Å²) in [5.74, 6) is 0.503. The monoisotopic (exact) mass is 318 g/mol. The van der Waals surface area contributed by atoms with Gasteiger partial charge in [-0.15, -0.1) is 0 Å². The Morgan fingerprint density at radius 1 is 0.833 bits per heavy atom. The zero-order valence-electron chi connectivity index (χ0n) is 12.7. The fraction of sp³-hybridized carbons (Fsp3) is 0.0526. The number of aromatic nitrogens is 2. The van der Waals surface area contributed by atoms with Crippen LogP contribution >= 0.6 is 0 Å². The highest BCUT2D eigenvalue weighted by Gasteiger charge is 2.28. The average Bonchev–Trinajstić information content (AvgIpc) is 2.62. The molecule has 118 valence electrons. The molecule has 4 rings (SSSR count). The van der Waals surface area contributed by atoms with E-state index in [0.29, 0.717) is 11.3 Å². The van der Waals surface area contributed by atoms with Gasteiger partial charge in [0, 0.05) is 11.5 Å². The third-order valence-corrected chi connectivity index (χ3v) is 4.00. The molecular formula is C19H14N2O3. The predicted octanol–water partition coefficient (Wildman–Crippen LogP) is 2.63. The largest absolute Gasteiger partial charge is 0.440 e. The topological polar surface area (TPSA) is 75.0 Å². The molecule has 3 aromatic rings. The number of H-pyrrole nitrogens is 2. The van der Waals surface area contributed by atoms with Gasteiger partial charge in [-0.1, -0.05) is 60.7 Å². The van der Waals surface area contributed by atoms with E-state index in [1.54, 1.807) is 0 Å². The highest BCUT2D eigenvalue weighted by molar-refractivity contribution is 5.67. The van der Waals surface area contributed by atoms with Crippen LogP contribution in [0.4, 0.5) is 0 Å². The van der Waals surface area contributed by atoms with Gasteiger partial charge < -0.3 is 4.74 Å². The summed E-state index contributed by atoms with van der Waals surface area (Å²) < 4.78 is 5.82. The molecule has 0 spiro atoms. The SMILES string of the molecule is O=c1[nH]c2c(c(=O)[nH]1)[C@H](c1ccccc1)C=C(c1ccccc1)O2. The van der Waals surface area contributed by atoms with Gasteiger partial charge >= 0.3 is 5.69 Å². The molecule has 5 heteroatoms. The van der Waals surface area contributed by atoms with E-state index in [4.69, 9.17) is 4.74 Å². The van der Waals surface area contributed by atoms with E-state index in [1.165, 1.54) is 0 Å². The van der Waals surface area contributed by atoms with Crippen molar-refractivity contribution in [1.29, 1.82) is 0 Å². The molecular weight excluding hydrogens is 304 g/mol. The first kappa shape index (κ1) is 14.3. The molecule has 2 N–H and O–H groups in total. The Morgan fingerprint density at radius 2 is 1.50 bits per heavy atom. The van der Waals surface area contributed by atoms with Crippen LogP contribution in [-0.2, 0) is 0 Å². The number of nitrogens with one attached hydrogen (secondary N) is 2. The van der Waals surface area contributed by atoms with Crippen LogP contribution in [0, 0.1) is 0 Å². The lowest BCUT2D eigenvalue weighted by molar-refractivity contribution is 0.464. The Bertz CT molecular complexity index is 1020. The molecule has 24 heavy (non-hydrogen) atoms. The van der Waals surface area contributed by atoms with Crippen molar-refractivity contribution in [3.63, 3.8) is 0 Å². The third-order valence-electron chi connectivity index (χ3n) is 4.00. The minimum Gasteiger partial charge on any atom is -0.440 e. The molecule has 0 fully saturated rings. The molecule has 1 atom stereocenters. The molecule has 0 aliphatic carbocycles. The maximum Gasteiger partial charge on any atom is 0.328 e. The fourth-order valence-electron chi connectivity index (χ4n) is 2.90. The molecule has 0 unspecified atom stereocenters. The average molecular weight is 318 g/mol. The fourth-order valence-corrected chi connectivity index (χ4v) is 2.90. The van der Waals surface area contributed by atoms with Crippen LogP contribution in [0.15, 0.2) is 76.3 Å². The van der Waals surface area contributed by atoms with E-state index in [-0.39, 0.29) is 11.8 Å². The highest BCUT2D eigenvalue weighted by atomic mass is 16.5. The highest BCUT2D eigenvalue weighted by Crippen LogP contribution is 2.37. The van der Waals surface area contributed by atoms with Crippen molar-refractivity contribution in [2.75, 3.05) is 0 Å². The predicted molar refractivity (Wildman–Crippen MR) is 91.0 cm³/mol. The number of fused-ring (bicyclic) bond motifs is 1. The van der Waals surface area contributed by atoms with Gasteiger partial charge in [-0.3, -0.25) is 14.8 Å². The summed E-state index contributed by atoms with van der Waals surface area (Å²) in [7, 11) is 0. The Labute approximate surface area is 137 Å². The molecule has 0 saturated heterocycles. The van der Waals surface area contributed by atoms with Crippen molar-refractivity contribution < 1.29 is 4.74 Å². The van der Waals surface area contributed by atoms with Crippen LogP contribution < -0.4 is 16.0 Å². The number of benzene rings is 2.